The first-order valence-corrected chi connectivity index (χ1v) is 6.33. The molecule has 0 aliphatic heterocycles. The Hall–Kier alpha value is -0.740. The molecule has 1 aromatic carbocycles. The zero-order valence-corrected chi connectivity index (χ0v) is 10.6. The SMILES string of the molecule is NCCC1(c2cc(Cl)cc(C(F)(F)F)c2)CCC1. The maximum atomic E-state index is 12.8. The third kappa shape index (κ3) is 2.50. The molecular formula is C13H15ClF3N. The van der Waals surface area contributed by atoms with Crippen LogP contribution in [0.25, 0.3) is 0 Å². The van der Waals surface area contributed by atoms with Crippen molar-refractivity contribution >= 4 is 11.6 Å². The Balaban J connectivity index is 2.42. The predicted octanol–water partition coefficient (Wildman–Crippen LogP) is 4.13. The summed E-state index contributed by atoms with van der Waals surface area (Å²) in [7, 11) is 0. The molecule has 1 saturated carbocycles. The van der Waals surface area contributed by atoms with Crippen LogP contribution in [0.4, 0.5) is 13.2 Å². The molecule has 0 amide bonds. The van der Waals surface area contributed by atoms with E-state index in [0.717, 1.165) is 25.3 Å². The lowest BCUT2D eigenvalue weighted by Gasteiger charge is -2.43. The van der Waals surface area contributed by atoms with E-state index in [1.807, 2.05) is 0 Å². The quantitative estimate of drug-likeness (QED) is 0.883. The van der Waals surface area contributed by atoms with Crippen molar-refractivity contribution in [1.82, 2.24) is 0 Å². The molecule has 0 saturated heterocycles. The van der Waals surface area contributed by atoms with Gasteiger partial charge in [-0.1, -0.05) is 18.0 Å². The summed E-state index contributed by atoms with van der Waals surface area (Å²) in [6.45, 7) is 0.480. The third-order valence-electron chi connectivity index (χ3n) is 3.77. The molecular weight excluding hydrogens is 263 g/mol. The minimum atomic E-state index is -4.35. The summed E-state index contributed by atoms with van der Waals surface area (Å²) in [6.07, 6.45) is -0.824. The van der Waals surface area contributed by atoms with Gasteiger partial charge < -0.3 is 5.73 Å². The van der Waals surface area contributed by atoms with Crippen molar-refractivity contribution in [3.05, 3.63) is 34.3 Å². The van der Waals surface area contributed by atoms with E-state index in [1.54, 1.807) is 6.07 Å². The molecule has 1 fully saturated rings. The average Bonchev–Trinajstić information content (AvgIpc) is 2.21. The van der Waals surface area contributed by atoms with Crippen LogP contribution >= 0.6 is 11.6 Å². The van der Waals surface area contributed by atoms with Gasteiger partial charge in [0.1, 0.15) is 0 Å². The Kier molecular flexibility index (Phi) is 3.60. The van der Waals surface area contributed by atoms with Crippen molar-refractivity contribution in [2.45, 2.75) is 37.3 Å². The molecule has 0 atom stereocenters. The van der Waals surface area contributed by atoms with Gasteiger partial charge in [0.15, 0.2) is 0 Å². The summed E-state index contributed by atoms with van der Waals surface area (Å²) in [5, 5.41) is 0.142. The van der Waals surface area contributed by atoms with Gasteiger partial charge in [0.2, 0.25) is 0 Å². The molecule has 5 heteroatoms. The number of nitrogens with two attached hydrogens (primary N) is 1. The van der Waals surface area contributed by atoms with Crippen molar-refractivity contribution in [2.75, 3.05) is 6.54 Å². The fraction of sp³-hybridized carbons (Fsp3) is 0.538. The Morgan fingerprint density at radius 1 is 1.22 bits per heavy atom. The lowest BCUT2D eigenvalue weighted by Crippen LogP contribution is -2.36. The van der Waals surface area contributed by atoms with Crippen LogP contribution in [-0.2, 0) is 11.6 Å². The van der Waals surface area contributed by atoms with Crippen LogP contribution in [0.3, 0.4) is 0 Å². The molecule has 0 unspecified atom stereocenters. The molecule has 1 aliphatic carbocycles. The average molecular weight is 278 g/mol. The summed E-state index contributed by atoms with van der Waals surface area (Å²) in [6, 6.07) is 3.84. The second-order valence-corrected chi connectivity index (χ2v) is 5.34. The van der Waals surface area contributed by atoms with Crippen LogP contribution in [0, 0.1) is 0 Å². The highest BCUT2D eigenvalue weighted by Crippen LogP contribution is 2.48. The standard InChI is InChI=1S/C13H15ClF3N/c14-11-7-9(6-10(8-11)13(15,16)17)12(4-5-18)2-1-3-12/h6-8H,1-5,18H2. The first-order chi connectivity index (χ1) is 8.37. The smallest absolute Gasteiger partial charge is 0.330 e. The van der Waals surface area contributed by atoms with E-state index in [-0.39, 0.29) is 10.4 Å². The highest BCUT2D eigenvalue weighted by Gasteiger charge is 2.40. The van der Waals surface area contributed by atoms with Crippen molar-refractivity contribution < 1.29 is 13.2 Å². The third-order valence-corrected chi connectivity index (χ3v) is 3.99. The second kappa shape index (κ2) is 4.74. The first-order valence-electron chi connectivity index (χ1n) is 5.96. The number of benzene rings is 1. The van der Waals surface area contributed by atoms with E-state index in [2.05, 4.69) is 0 Å². The van der Waals surface area contributed by atoms with Gasteiger partial charge >= 0.3 is 6.18 Å². The first kappa shape index (κ1) is 13.7. The summed E-state index contributed by atoms with van der Waals surface area (Å²) < 4.78 is 38.3. The molecule has 0 heterocycles. The summed E-state index contributed by atoms with van der Waals surface area (Å²) >= 11 is 5.81. The molecule has 1 aliphatic rings. The zero-order chi connectivity index (χ0) is 13.4. The van der Waals surface area contributed by atoms with Gasteiger partial charge in [-0.3, -0.25) is 0 Å². The van der Waals surface area contributed by atoms with Crippen LogP contribution in [-0.4, -0.2) is 6.54 Å². The van der Waals surface area contributed by atoms with E-state index in [1.165, 1.54) is 6.07 Å². The van der Waals surface area contributed by atoms with E-state index >= 15 is 0 Å². The molecule has 18 heavy (non-hydrogen) atoms. The van der Waals surface area contributed by atoms with Crippen molar-refractivity contribution in [3.63, 3.8) is 0 Å². The fourth-order valence-electron chi connectivity index (χ4n) is 2.62. The van der Waals surface area contributed by atoms with Gasteiger partial charge in [-0.25, -0.2) is 0 Å². The Morgan fingerprint density at radius 2 is 1.89 bits per heavy atom. The second-order valence-electron chi connectivity index (χ2n) is 4.90. The van der Waals surface area contributed by atoms with Crippen LogP contribution in [0.15, 0.2) is 18.2 Å². The molecule has 1 nitrogen and oxygen atoms in total. The Bertz CT molecular complexity index is 438. The maximum Gasteiger partial charge on any atom is 0.416 e. The Morgan fingerprint density at radius 3 is 2.33 bits per heavy atom. The van der Waals surface area contributed by atoms with Crippen LogP contribution in [0.5, 0.6) is 0 Å². The molecule has 100 valence electrons. The predicted molar refractivity (Wildman–Crippen MR) is 65.7 cm³/mol. The largest absolute Gasteiger partial charge is 0.416 e. The van der Waals surface area contributed by atoms with E-state index < -0.39 is 11.7 Å². The lowest BCUT2D eigenvalue weighted by molar-refractivity contribution is -0.137. The number of hydrogen-bond acceptors (Lipinski definition) is 1. The molecule has 2 rings (SSSR count). The van der Waals surface area contributed by atoms with Gasteiger partial charge in [0.05, 0.1) is 5.56 Å². The highest BCUT2D eigenvalue weighted by atomic mass is 35.5. The van der Waals surface area contributed by atoms with E-state index in [4.69, 9.17) is 17.3 Å². The van der Waals surface area contributed by atoms with Crippen molar-refractivity contribution in [3.8, 4) is 0 Å². The van der Waals surface area contributed by atoms with E-state index in [0.29, 0.717) is 18.5 Å². The molecule has 1 aromatic rings. The minimum absolute atomic E-state index is 0.142. The topological polar surface area (TPSA) is 26.0 Å². The van der Waals surface area contributed by atoms with Crippen LogP contribution < -0.4 is 5.73 Å². The van der Waals surface area contributed by atoms with Gasteiger partial charge in [-0.15, -0.1) is 0 Å². The number of alkyl halides is 3. The van der Waals surface area contributed by atoms with Crippen LogP contribution in [0.1, 0.15) is 36.8 Å². The lowest BCUT2D eigenvalue weighted by atomic mass is 9.62. The van der Waals surface area contributed by atoms with Crippen LogP contribution in [0.2, 0.25) is 5.02 Å². The maximum absolute atomic E-state index is 12.8. The fourth-order valence-corrected chi connectivity index (χ4v) is 2.86. The molecule has 0 bridgehead atoms. The molecule has 0 spiro atoms. The van der Waals surface area contributed by atoms with E-state index in [9.17, 15) is 13.2 Å². The molecule has 0 aromatic heterocycles. The van der Waals surface area contributed by atoms with Gasteiger partial charge in [-0.2, -0.15) is 13.2 Å². The van der Waals surface area contributed by atoms with Gasteiger partial charge in [-0.05, 0) is 55.0 Å². The minimum Gasteiger partial charge on any atom is -0.330 e. The van der Waals surface area contributed by atoms with Gasteiger partial charge in [0, 0.05) is 5.02 Å². The zero-order valence-electron chi connectivity index (χ0n) is 9.86. The van der Waals surface area contributed by atoms with Gasteiger partial charge in [0.25, 0.3) is 0 Å². The van der Waals surface area contributed by atoms with Crippen molar-refractivity contribution in [1.29, 1.82) is 0 Å². The normalized spacial score (nSPS) is 18.5. The molecule has 0 radical (unpaired) electrons. The summed E-state index contributed by atoms with van der Waals surface area (Å²) in [5.41, 5.74) is 5.38. The number of hydrogen-bond donors (Lipinski definition) is 1. The Labute approximate surface area is 109 Å². The van der Waals surface area contributed by atoms with Crippen molar-refractivity contribution in [2.24, 2.45) is 5.73 Å². The summed E-state index contributed by atoms with van der Waals surface area (Å²) in [5.74, 6) is 0. The summed E-state index contributed by atoms with van der Waals surface area (Å²) in [4.78, 5) is 0. The molecule has 2 N–H and O–H groups in total. The number of halogens is 4. The number of rotatable bonds is 3. The highest BCUT2D eigenvalue weighted by molar-refractivity contribution is 6.30. The monoisotopic (exact) mass is 277 g/mol.